The molecule has 5 atom stereocenters. The number of nitrogens with one attached hydrogen (secondary N) is 1. The van der Waals surface area contributed by atoms with Crippen molar-refractivity contribution in [3.63, 3.8) is 0 Å². The Bertz CT molecular complexity index is 1740. The molecule has 0 saturated carbocycles. The first-order valence-corrected chi connectivity index (χ1v) is 14.2. The number of nitrogen functional groups attached to an aromatic ring is 1. The van der Waals surface area contributed by atoms with E-state index in [0.29, 0.717) is 12.6 Å². The quantitative estimate of drug-likeness (QED) is 0.252. The van der Waals surface area contributed by atoms with Crippen LogP contribution in [0.15, 0.2) is 6.07 Å². The average Bonchev–Trinajstić information content (AvgIpc) is 3.26. The van der Waals surface area contributed by atoms with E-state index in [-0.39, 0.29) is 54.1 Å². The Labute approximate surface area is 246 Å². The Hall–Kier alpha value is -4.05. The van der Waals surface area contributed by atoms with Gasteiger partial charge in [-0.25, -0.2) is 23.5 Å². The molecule has 5 N–H and O–H groups in total. The van der Waals surface area contributed by atoms with Crippen LogP contribution in [0.1, 0.15) is 37.3 Å². The minimum atomic E-state index is -5.10. The Kier molecular flexibility index (Phi) is 6.18. The molecule has 0 aliphatic carbocycles. The molecule has 16 heteroatoms. The Morgan fingerprint density at radius 3 is 2.61 bits per heavy atom. The maximum atomic E-state index is 16.7. The van der Waals surface area contributed by atoms with E-state index in [1.54, 1.807) is 6.92 Å². The van der Waals surface area contributed by atoms with E-state index in [2.05, 4.69) is 15.3 Å². The van der Waals surface area contributed by atoms with Gasteiger partial charge in [-0.3, -0.25) is 0 Å². The summed E-state index contributed by atoms with van der Waals surface area (Å²) in [4.78, 5) is 28.7. The van der Waals surface area contributed by atoms with Crippen molar-refractivity contribution in [2.24, 2.45) is 0 Å². The van der Waals surface area contributed by atoms with Crippen molar-refractivity contribution in [3.8, 4) is 17.1 Å². The number of ether oxygens (including phenoxy) is 1. The van der Waals surface area contributed by atoms with Crippen molar-refractivity contribution in [3.05, 3.63) is 28.8 Å². The number of aliphatic hydroxyl groups excluding tert-OH is 1. The number of aliphatic carboxylic acids is 1. The first-order valence-electron chi connectivity index (χ1n) is 14.2. The van der Waals surface area contributed by atoms with Crippen molar-refractivity contribution in [1.29, 1.82) is 0 Å². The SMILES string of the molecule is Cc1c(F)c(N)cc(-c2nc3c4c(nc(N5CCC5(CO)C(=O)O)nc4c2F)N2C[C@H]4CC[C@H](N4)[C@H]2[C@H](C)O3)c1C(F)(F)F. The number of piperazine rings is 1. The van der Waals surface area contributed by atoms with E-state index in [9.17, 15) is 32.6 Å². The number of nitrogens with two attached hydrogens (primary N) is 1. The molecule has 7 rings (SSSR count). The lowest BCUT2D eigenvalue weighted by Crippen LogP contribution is -2.68. The Balaban J connectivity index is 1.54. The van der Waals surface area contributed by atoms with E-state index in [0.717, 1.165) is 19.8 Å². The third-order valence-electron chi connectivity index (χ3n) is 9.47. The molecule has 1 unspecified atom stereocenters. The summed E-state index contributed by atoms with van der Waals surface area (Å²) in [5.74, 6) is -4.15. The first-order chi connectivity index (χ1) is 20.8. The van der Waals surface area contributed by atoms with Crippen molar-refractivity contribution in [2.45, 2.75) is 69.1 Å². The monoisotopic (exact) mass is 621 g/mol. The number of carbonyl (C=O) groups is 1. The number of carboxylic acid groups (broad SMARTS) is 1. The van der Waals surface area contributed by atoms with Crippen LogP contribution >= 0.6 is 0 Å². The smallest absolute Gasteiger partial charge is 0.417 e. The lowest BCUT2D eigenvalue weighted by molar-refractivity contribution is -0.148. The zero-order valence-electron chi connectivity index (χ0n) is 23.5. The summed E-state index contributed by atoms with van der Waals surface area (Å²) in [7, 11) is 0. The molecule has 1 aromatic carbocycles. The predicted octanol–water partition coefficient (Wildman–Crippen LogP) is 3.00. The summed E-state index contributed by atoms with van der Waals surface area (Å²) in [6, 6.07) is 0.371. The highest BCUT2D eigenvalue weighted by molar-refractivity contribution is 5.99. The van der Waals surface area contributed by atoms with Crippen molar-refractivity contribution >= 4 is 34.3 Å². The summed E-state index contributed by atoms with van der Waals surface area (Å²) >= 11 is 0. The van der Waals surface area contributed by atoms with E-state index in [1.807, 2.05) is 4.90 Å². The number of alkyl halides is 3. The molecule has 3 saturated heterocycles. The Morgan fingerprint density at radius 2 is 1.98 bits per heavy atom. The van der Waals surface area contributed by atoms with E-state index < -0.39 is 75.6 Å². The fraction of sp³-hybridized carbons (Fsp3) is 0.500. The van der Waals surface area contributed by atoms with Crippen LogP contribution in [0.3, 0.4) is 0 Å². The van der Waals surface area contributed by atoms with Crippen LogP contribution in [0.5, 0.6) is 5.88 Å². The molecule has 4 aliphatic heterocycles. The molecule has 3 aromatic rings. The van der Waals surface area contributed by atoms with Gasteiger partial charge in [0.25, 0.3) is 0 Å². The first kappa shape index (κ1) is 28.7. The molecule has 0 spiro atoms. The van der Waals surface area contributed by atoms with Gasteiger partial charge in [0.15, 0.2) is 11.4 Å². The molecule has 0 radical (unpaired) electrons. The topological polar surface area (TPSA) is 150 Å². The summed E-state index contributed by atoms with van der Waals surface area (Å²) in [6.45, 7) is 2.45. The van der Waals surface area contributed by atoms with Crippen molar-refractivity contribution in [1.82, 2.24) is 20.3 Å². The highest BCUT2D eigenvalue weighted by Crippen LogP contribution is 2.48. The second kappa shape index (κ2) is 9.47. The third kappa shape index (κ3) is 3.85. The van der Waals surface area contributed by atoms with E-state index >= 15 is 4.39 Å². The second-order valence-corrected chi connectivity index (χ2v) is 11.9. The number of rotatable bonds is 4. The molecule has 0 amide bonds. The minimum absolute atomic E-state index is 0.0106. The molecular formula is C28H28F5N7O4. The number of anilines is 3. The van der Waals surface area contributed by atoms with Gasteiger partial charge in [-0.05, 0) is 38.3 Å². The maximum absolute atomic E-state index is 16.7. The van der Waals surface area contributed by atoms with Gasteiger partial charge < -0.3 is 35.8 Å². The molecule has 234 valence electrons. The summed E-state index contributed by atoms with van der Waals surface area (Å²) in [5, 5.41) is 23.6. The zero-order chi connectivity index (χ0) is 31.5. The lowest BCUT2D eigenvalue weighted by atomic mass is 9.86. The molecule has 11 nitrogen and oxygen atoms in total. The fourth-order valence-electron chi connectivity index (χ4n) is 7.21. The van der Waals surface area contributed by atoms with Crippen LogP contribution in [-0.4, -0.2) is 80.6 Å². The average molecular weight is 622 g/mol. The van der Waals surface area contributed by atoms with Gasteiger partial charge in [-0.2, -0.15) is 18.2 Å². The van der Waals surface area contributed by atoms with Crippen molar-refractivity contribution < 1.29 is 41.7 Å². The van der Waals surface area contributed by atoms with Gasteiger partial charge >= 0.3 is 12.1 Å². The van der Waals surface area contributed by atoms with Gasteiger partial charge in [0.2, 0.25) is 11.8 Å². The number of hydrogen-bond acceptors (Lipinski definition) is 10. The number of aromatic nitrogens is 3. The number of benzene rings is 1. The number of nitrogens with zero attached hydrogens (tertiary/aromatic N) is 5. The van der Waals surface area contributed by atoms with Gasteiger partial charge in [-0.1, -0.05) is 0 Å². The molecule has 6 heterocycles. The molecule has 44 heavy (non-hydrogen) atoms. The van der Waals surface area contributed by atoms with Gasteiger partial charge in [-0.15, -0.1) is 0 Å². The largest absolute Gasteiger partial charge is 0.479 e. The van der Waals surface area contributed by atoms with Gasteiger partial charge in [0.05, 0.1) is 23.9 Å². The molecule has 4 aliphatic rings. The van der Waals surface area contributed by atoms with Crippen LogP contribution < -0.4 is 25.6 Å². The summed E-state index contributed by atoms with van der Waals surface area (Å²) in [5.41, 5.74) is -1.04. The second-order valence-electron chi connectivity index (χ2n) is 11.9. The Morgan fingerprint density at radius 1 is 1.23 bits per heavy atom. The maximum Gasteiger partial charge on any atom is 0.417 e. The van der Waals surface area contributed by atoms with E-state index in [4.69, 9.17) is 15.5 Å². The highest BCUT2D eigenvalue weighted by Gasteiger charge is 2.54. The number of aliphatic hydroxyl groups is 1. The molecule has 2 aromatic heterocycles. The number of hydrogen-bond donors (Lipinski definition) is 4. The normalized spacial score (nSPS) is 27.5. The third-order valence-corrected chi connectivity index (χ3v) is 9.47. The van der Waals surface area contributed by atoms with Crippen LogP contribution in [0.2, 0.25) is 0 Å². The summed E-state index contributed by atoms with van der Waals surface area (Å²) < 4.78 is 80.6. The molecule has 3 fully saturated rings. The van der Waals surface area contributed by atoms with E-state index in [1.165, 1.54) is 4.90 Å². The fourth-order valence-corrected chi connectivity index (χ4v) is 7.21. The standard InChI is InChI=1S/C28H28F5N7O4/c1-10-17(28(31,32)33)13(7-14(34)18(10)29)20-19(30)21-16-23(38-26(37-21)40-6-5-27(40,9-41)25(42)43)39-8-12-3-4-15(35-12)22(39)11(2)44-24(16)36-20/h7,11-12,15,22,35,41H,3-6,8-9,34H2,1-2H3,(H,42,43)/t11-,12+,15-,22+,27?/m0/s1. The molecular weight excluding hydrogens is 593 g/mol. The van der Waals surface area contributed by atoms with Crippen LogP contribution in [0.25, 0.3) is 22.2 Å². The predicted molar refractivity (Wildman–Crippen MR) is 147 cm³/mol. The lowest BCUT2D eigenvalue weighted by Gasteiger charge is -2.48. The number of pyridine rings is 1. The van der Waals surface area contributed by atoms with Crippen LogP contribution in [-0.2, 0) is 11.0 Å². The number of carboxylic acids is 1. The minimum Gasteiger partial charge on any atom is -0.479 e. The zero-order valence-corrected chi connectivity index (χ0v) is 23.5. The van der Waals surface area contributed by atoms with Crippen molar-refractivity contribution in [2.75, 3.05) is 35.2 Å². The highest BCUT2D eigenvalue weighted by atomic mass is 19.4. The number of fused-ring (bicyclic) bond motifs is 5. The van der Waals surface area contributed by atoms with Gasteiger partial charge in [0.1, 0.15) is 34.3 Å². The molecule has 2 bridgehead atoms. The van der Waals surface area contributed by atoms with Gasteiger partial charge in [0, 0.05) is 37.2 Å². The van der Waals surface area contributed by atoms with Crippen LogP contribution in [0.4, 0.5) is 39.4 Å². The van der Waals surface area contributed by atoms with Crippen LogP contribution in [0, 0.1) is 18.6 Å². The number of halogens is 5. The summed E-state index contributed by atoms with van der Waals surface area (Å²) in [6.07, 6.45) is -3.96.